The third kappa shape index (κ3) is 5.81. The van der Waals surface area contributed by atoms with E-state index in [0.717, 1.165) is 41.6 Å². The number of nitrogens with one attached hydrogen (secondary N) is 1. The van der Waals surface area contributed by atoms with Crippen molar-refractivity contribution in [2.75, 3.05) is 37.4 Å². The Balaban J connectivity index is 0.00000132. The van der Waals surface area contributed by atoms with Crippen LogP contribution in [-0.2, 0) is 6.42 Å². The van der Waals surface area contributed by atoms with E-state index in [1.807, 2.05) is 38.1 Å². The minimum Gasteiger partial charge on any atom is -0.491 e. The number of likely N-dealkylation sites (tertiary alicyclic amines) is 1. The number of hydrogen-bond donors (Lipinski definition) is 3. The quantitative estimate of drug-likeness (QED) is 0.521. The lowest BCUT2D eigenvalue weighted by Gasteiger charge is -2.34. The van der Waals surface area contributed by atoms with E-state index in [9.17, 15) is 0 Å². The van der Waals surface area contributed by atoms with Crippen LogP contribution in [0, 0.1) is 5.92 Å². The van der Waals surface area contributed by atoms with Gasteiger partial charge < -0.3 is 20.9 Å². The van der Waals surface area contributed by atoms with Gasteiger partial charge in [-0.05, 0) is 66.6 Å². The van der Waals surface area contributed by atoms with Crippen LogP contribution in [0.5, 0.6) is 5.75 Å². The molecule has 1 aliphatic carbocycles. The zero-order chi connectivity index (χ0) is 22.2. The Bertz CT molecular complexity index is 854. The number of piperidine rings is 1. The van der Waals surface area contributed by atoms with Crippen LogP contribution in [0.1, 0.15) is 37.8 Å². The molecule has 31 heavy (non-hydrogen) atoms. The lowest BCUT2D eigenvalue weighted by molar-refractivity contribution is 0.200. The standard InChI is InChI=1S/C24H31N3O2.C2H6/c1-2-19-15-20(6-7-22(19)25)26-23-13-18-14-24(23)27(16-18)9-8-17-4-3-5-21(12-17)29-11-10-28;1-2/h2-7,12,15,18,23-24,26,28H,1,8-11,13-14,16,25H2;1-2H3. The zero-order valence-corrected chi connectivity index (χ0v) is 18.9. The number of rotatable bonds is 9. The van der Waals surface area contributed by atoms with E-state index in [0.29, 0.717) is 18.7 Å². The first kappa shape index (κ1) is 23.2. The highest BCUT2D eigenvalue weighted by Gasteiger charge is 2.44. The molecule has 4 N–H and O–H groups in total. The van der Waals surface area contributed by atoms with E-state index in [4.69, 9.17) is 15.6 Å². The maximum atomic E-state index is 8.93. The molecule has 3 atom stereocenters. The third-order valence-corrected chi connectivity index (χ3v) is 6.19. The van der Waals surface area contributed by atoms with Gasteiger partial charge in [0.2, 0.25) is 0 Å². The van der Waals surface area contributed by atoms with Crippen LogP contribution < -0.4 is 15.8 Å². The molecule has 0 aromatic heterocycles. The van der Waals surface area contributed by atoms with Gasteiger partial charge in [-0.2, -0.15) is 0 Å². The Hall–Kier alpha value is -2.50. The molecular formula is C26H37N3O2. The molecule has 2 aliphatic rings. The molecule has 4 rings (SSSR count). The van der Waals surface area contributed by atoms with Crippen LogP contribution in [0.15, 0.2) is 49.0 Å². The number of nitrogen functional groups attached to an aromatic ring is 1. The number of aliphatic hydroxyl groups excluding tert-OH is 1. The van der Waals surface area contributed by atoms with E-state index in [1.54, 1.807) is 0 Å². The van der Waals surface area contributed by atoms with Gasteiger partial charge in [0, 0.05) is 36.5 Å². The summed E-state index contributed by atoms with van der Waals surface area (Å²) in [4.78, 5) is 2.64. The van der Waals surface area contributed by atoms with Crippen LogP contribution in [-0.4, -0.2) is 48.4 Å². The predicted molar refractivity (Wildman–Crippen MR) is 131 cm³/mol. The van der Waals surface area contributed by atoms with Crippen molar-refractivity contribution >= 4 is 17.5 Å². The Kier molecular flexibility index (Phi) is 8.38. The summed E-state index contributed by atoms with van der Waals surface area (Å²) in [7, 11) is 0. The van der Waals surface area contributed by atoms with E-state index >= 15 is 0 Å². The van der Waals surface area contributed by atoms with Crippen molar-refractivity contribution in [3.63, 3.8) is 0 Å². The van der Waals surface area contributed by atoms with Crippen molar-refractivity contribution < 1.29 is 9.84 Å². The Morgan fingerprint density at radius 2 is 2.06 bits per heavy atom. The van der Waals surface area contributed by atoms with Gasteiger partial charge in [-0.3, -0.25) is 4.90 Å². The number of fused-ring (bicyclic) bond motifs is 2. The summed E-state index contributed by atoms with van der Waals surface area (Å²) in [5, 5.41) is 12.7. The van der Waals surface area contributed by atoms with Crippen molar-refractivity contribution in [3.05, 3.63) is 60.2 Å². The molecule has 1 saturated carbocycles. The second kappa shape index (κ2) is 11.2. The number of benzene rings is 2. The van der Waals surface area contributed by atoms with Crippen molar-refractivity contribution in [2.45, 2.75) is 45.2 Å². The van der Waals surface area contributed by atoms with Crippen molar-refractivity contribution in [1.82, 2.24) is 4.90 Å². The molecule has 2 aromatic rings. The predicted octanol–water partition coefficient (Wildman–Crippen LogP) is 4.43. The second-order valence-corrected chi connectivity index (χ2v) is 8.17. The summed E-state index contributed by atoms with van der Waals surface area (Å²) < 4.78 is 5.54. The van der Waals surface area contributed by atoms with Crippen molar-refractivity contribution in [1.29, 1.82) is 0 Å². The normalized spacial score (nSPS) is 22.0. The van der Waals surface area contributed by atoms with Gasteiger partial charge in [0.15, 0.2) is 0 Å². The summed E-state index contributed by atoms with van der Waals surface area (Å²) in [6.45, 7) is 10.5. The Morgan fingerprint density at radius 3 is 2.81 bits per heavy atom. The van der Waals surface area contributed by atoms with E-state index in [-0.39, 0.29) is 6.61 Å². The summed E-state index contributed by atoms with van der Waals surface area (Å²) in [5.74, 6) is 1.62. The van der Waals surface area contributed by atoms with Gasteiger partial charge in [-0.1, -0.05) is 38.6 Å². The number of anilines is 2. The van der Waals surface area contributed by atoms with E-state index in [1.165, 1.54) is 24.9 Å². The topological polar surface area (TPSA) is 70.8 Å². The lowest BCUT2D eigenvalue weighted by Crippen LogP contribution is -2.45. The number of aliphatic hydroxyl groups is 1. The van der Waals surface area contributed by atoms with E-state index in [2.05, 4.69) is 41.1 Å². The molecule has 1 heterocycles. The molecule has 0 spiro atoms. The van der Waals surface area contributed by atoms with Crippen molar-refractivity contribution in [2.24, 2.45) is 5.92 Å². The first-order valence-corrected chi connectivity index (χ1v) is 11.5. The molecule has 168 valence electrons. The molecule has 0 amide bonds. The highest BCUT2D eigenvalue weighted by molar-refractivity contribution is 5.68. The molecular weight excluding hydrogens is 386 g/mol. The van der Waals surface area contributed by atoms with Crippen LogP contribution in [0.25, 0.3) is 6.08 Å². The van der Waals surface area contributed by atoms with Gasteiger partial charge in [0.1, 0.15) is 12.4 Å². The fraction of sp³-hybridized carbons (Fsp3) is 0.462. The summed E-state index contributed by atoms with van der Waals surface area (Å²) >= 11 is 0. The summed E-state index contributed by atoms with van der Waals surface area (Å²) in [5.41, 5.74) is 10.2. The molecule has 1 saturated heterocycles. The maximum absolute atomic E-state index is 8.93. The minimum atomic E-state index is 0.0394. The Labute approximate surface area is 186 Å². The SMILES string of the molecule is C=Cc1cc(NC2CC3CC2N(CCc2cccc(OCCO)c2)C3)ccc1N.CC. The van der Waals surface area contributed by atoms with Gasteiger partial charge >= 0.3 is 0 Å². The third-order valence-electron chi connectivity index (χ3n) is 6.19. The van der Waals surface area contributed by atoms with E-state index < -0.39 is 0 Å². The van der Waals surface area contributed by atoms with Gasteiger partial charge in [-0.25, -0.2) is 0 Å². The fourth-order valence-corrected chi connectivity index (χ4v) is 4.83. The molecule has 3 unspecified atom stereocenters. The lowest BCUT2D eigenvalue weighted by atomic mass is 10.0. The van der Waals surface area contributed by atoms with Crippen LogP contribution in [0.3, 0.4) is 0 Å². The monoisotopic (exact) mass is 423 g/mol. The largest absolute Gasteiger partial charge is 0.491 e. The van der Waals surface area contributed by atoms with Gasteiger partial charge in [0.05, 0.1) is 6.61 Å². The van der Waals surface area contributed by atoms with Gasteiger partial charge in [0.25, 0.3) is 0 Å². The second-order valence-electron chi connectivity index (χ2n) is 8.17. The fourth-order valence-electron chi connectivity index (χ4n) is 4.83. The smallest absolute Gasteiger partial charge is 0.119 e. The molecule has 2 bridgehead atoms. The summed E-state index contributed by atoms with van der Waals surface area (Å²) in [6, 6.07) is 15.4. The average Bonchev–Trinajstić information content (AvgIpc) is 3.39. The molecule has 2 fully saturated rings. The number of hydrogen-bond acceptors (Lipinski definition) is 5. The van der Waals surface area contributed by atoms with Crippen LogP contribution in [0.2, 0.25) is 0 Å². The molecule has 0 radical (unpaired) electrons. The molecule has 1 aliphatic heterocycles. The molecule has 5 heteroatoms. The zero-order valence-electron chi connectivity index (χ0n) is 18.9. The average molecular weight is 424 g/mol. The maximum Gasteiger partial charge on any atom is 0.119 e. The first-order valence-electron chi connectivity index (χ1n) is 11.5. The van der Waals surface area contributed by atoms with Crippen LogP contribution >= 0.6 is 0 Å². The highest BCUT2D eigenvalue weighted by Crippen LogP contribution is 2.39. The highest BCUT2D eigenvalue weighted by atomic mass is 16.5. The van der Waals surface area contributed by atoms with Crippen LogP contribution in [0.4, 0.5) is 11.4 Å². The molecule has 2 aromatic carbocycles. The van der Waals surface area contributed by atoms with Gasteiger partial charge in [-0.15, -0.1) is 0 Å². The first-order chi connectivity index (χ1) is 15.2. The number of nitrogens with two attached hydrogens (primary N) is 1. The summed E-state index contributed by atoms with van der Waals surface area (Å²) in [6.07, 6.45) is 5.33. The van der Waals surface area contributed by atoms with Crippen molar-refractivity contribution in [3.8, 4) is 5.75 Å². The minimum absolute atomic E-state index is 0.0394. The molecule has 5 nitrogen and oxygen atoms in total. The number of nitrogens with zero attached hydrogens (tertiary/aromatic N) is 1. The number of ether oxygens (including phenoxy) is 1. The Morgan fingerprint density at radius 1 is 1.23 bits per heavy atom.